The maximum absolute atomic E-state index is 12.3. The van der Waals surface area contributed by atoms with E-state index < -0.39 is 30.7 Å². The monoisotopic (exact) mass is 380 g/mol. The molecular formula is C16H23F3N2O5. The standard InChI is InChI=1S/C16H23F3N2O5/c1-9(7-25-8-16(17,18)19)20-14(22)13-10(2)12(11(3)21-13)15(23)26-6-5-24-4/h9,21H,5-8H2,1-4H3,(H,20,22). The number of aryl methyl sites for hydroxylation is 1. The van der Waals surface area contributed by atoms with Gasteiger partial charge in [-0.25, -0.2) is 4.79 Å². The Morgan fingerprint density at radius 1 is 1.23 bits per heavy atom. The number of aromatic amines is 1. The predicted molar refractivity (Wildman–Crippen MR) is 86.2 cm³/mol. The zero-order valence-electron chi connectivity index (χ0n) is 15.1. The molecule has 1 rings (SSSR count). The largest absolute Gasteiger partial charge is 0.460 e. The Morgan fingerprint density at radius 3 is 2.46 bits per heavy atom. The third-order valence-electron chi connectivity index (χ3n) is 3.40. The van der Waals surface area contributed by atoms with Gasteiger partial charge >= 0.3 is 12.1 Å². The molecule has 0 bridgehead atoms. The van der Waals surface area contributed by atoms with Gasteiger partial charge in [-0.1, -0.05) is 0 Å². The number of esters is 1. The number of amides is 1. The lowest BCUT2D eigenvalue weighted by molar-refractivity contribution is -0.174. The highest BCUT2D eigenvalue weighted by atomic mass is 19.4. The number of hydrogen-bond donors (Lipinski definition) is 2. The van der Waals surface area contributed by atoms with E-state index in [1.807, 2.05) is 0 Å². The molecule has 1 amide bonds. The molecule has 10 heteroatoms. The molecule has 0 spiro atoms. The van der Waals surface area contributed by atoms with Gasteiger partial charge < -0.3 is 24.5 Å². The molecule has 0 aliphatic carbocycles. The lowest BCUT2D eigenvalue weighted by atomic mass is 10.1. The van der Waals surface area contributed by atoms with Crippen LogP contribution in [0.15, 0.2) is 0 Å². The summed E-state index contributed by atoms with van der Waals surface area (Å²) in [5.74, 6) is -1.14. The number of alkyl halides is 3. The summed E-state index contributed by atoms with van der Waals surface area (Å²) < 4.78 is 50.5. The number of methoxy groups -OCH3 is 1. The molecule has 26 heavy (non-hydrogen) atoms. The lowest BCUT2D eigenvalue weighted by Crippen LogP contribution is -2.37. The van der Waals surface area contributed by atoms with E-state index in [-0.39, 0.29) is 31.1 Å². The van der Waals surface area contributed by atoms with E-state index in [4.69, 9.17) is 9.47 Å². The van der Waals surface area contributed by atoms with Gasteiger partial charge in [-0.3, -0.25) is 4.79 Å². The van der Waals surface area contributed by atoms with Crippen molar-refractivity contribution in [3.8, 4) is 0 Å². The van der Waals surface area contributed by atoms with Crippen molar-refractivity contribution in [1.82, 2.24) is 10.3 Å². The fourth-order valence-corrected chi connectivity index (χ4v) is 2.26. The Morgan fingerprint density at radius 2 is 1.88 bits per heavy atom. The van der Waals surface area contributed by atoms with Crippen LogP contribution >= 0.6 is 0 Å². The number of ether oxygens (including phenoxy) is 3. The van der Waals surface area contributed by atoms with E-state index in [0.717, 1.165) is 0 Å². The van der Waals surface area contributed by atoms with Crippen LogP contribution in [0.5, 0.6) is 0 Å². The zero-order valence-corrected chi connectivity index (χ0v) is 15.1. The zero-order chi connectivity index (χ0) is 19.9. The molecule has 1 aromatic rings. The topological polar surface area (TPSA) is 89.7 Å². The van der Waals surface area contributed by atoms with Crippen LogP contribution in [0.4, 0.5) is 13.2 Å². The molecule has 0 aromatic carbocycles. The number of hydrogen-bond acceptors (Lipinski definition) is 5. The van der Waals surface area contributed by atoms with Crippen molar-refractivity contribution in [2.24, 2.45) is 0 Å². The van der Waals surface area contributed by atoms with Crippen LogP contribution in [0.2, 0.25) is 0 Å². The van der Waals surface area contributed by atoms with Gasteiger partial charge in [-0.2, -0.15) is 13.2 Å². The minimum Gasteiger partial charge on any atom is -0.460 e. The molecule has 0 aliphatic heterocycles. The van der Waals surface area contributed by atoms with Crippen LogP contribution in [0.3, 0.4) is 0 Å². The minimum atomic E-state index is -4.42. The first-order valence-corrected chi connectivity index (χ1v) is 7.87. The molecule has 1 atom stereocenters. The number of carbonyl (C=O) groups is 2. The van der Waals surface area contributed by atoms with Crippen LogP contribution < -0.4 is 5.32 Å². The van der Waals surface area contributed by atoms with Gasteiger partial charge in [0.1, 0.15) is 18.9 Å². The molecule has 0 saturated carbocycles. The Hall–Kier alpha value is -2.07. The Labute approximate surface area is 149 Å². The second kappa shape index (κ2) is 9.58. The SMILES string of the molecule is COCCOC(=O)c1c(C)[nH]c(C(=O)NC(C)COCC(F)(F)F)c1C. The average Bonchev–Trinajstić information content (AvgIpc) is 2.81. The Kier molecular flexibility index (Phi) is 8.09. The van der Waals surface area contributed by atoms with Gasteiger partial charge in [0.25, 0.3) is 5.91 Å². The summed E-state index contributed by atoms with van der Waals surface area (Å²) >= 11 is 0. The first kappa shape index (κ1) is 22.0. The van der Waals surface area contributed by atoms with Crippen molar-refractivity contribution in [2.45, 2.75) is 33.0 Å². The number of aromatic nitrogens is 1. The molecule has 1 unspecified atom stereocenters. The van der Waals surface area contributed by atoms with Gasteiger partial charge in [0.05, 0.1) is 18.8 Å². The molecule has 148 valence electrons. The molecule has 0 saturated heterocycles. The van der Waals surface area contributed by atoms with E-state index in [2.05, 4.69) is 15.0 Å². The molecule has 0 fully saturated rings. The highest BCUT2D eigenvalue weighted by Gasteiger charge is 2.28. The molecule has 0 aliphatic rings. The van der Waals surface area contributed by atoms with Gasteiger partial charge in [-0.05, 0) is 26.3 Å². The first-order valence-electron chi connectivity index (χ1n) is 7.87. The summed E-state index contributed by atoms with van der Waals surface area (Å²) in [4.78, 5) is 27.2. The van der Waals surface area contributed by atoms with E-state index in [1.165, 1.54) is 14.0 Å². The molecule has 1 heterocycles. The molecule has 0 radical (unpaired) electrons. The van der Waals surface area contributed by atoms with E-state index in [9.17, 15) is 22.8 Å². The van der Waals surface area contributed by atoms with Gasteiger partial charge in [-0.15, -0.1) is 0 Å². The summed E-state index contributed by atoms with van der Waals surface area (Å²) in [5.41, 5.74) is 1.23. The number of H-pyrrole nitrogens is 1. The van der Waals surface area contributed by atoms with Crippen LogP contribution in [0.25, 0.3) is 0 Å². The summed E-state index contributed by atoms with van der Waals surface area (Å²) in [7, 11) is 1.47. The third-order valence-corrected chi connectivity index (χ3v) is 3.40. The molecular weight excluding hydrogens is 357 g/mol. The van der Waals surface area contributed by atoms with Crippen molar-refractivity contribution < 1.29 is 37.0 Å². The average molecular weight is 380 g/mol. The quantitative estimate of drug-likeness (QED) is 0.506. The van der Waals surface area contributed by atoms with Crippen LogP contribution in [0, 0.1) is 13.8 Å². The van der Waals surface area contributed by atoms with Crippen LogP contribution in [-0.4, -0.2) is 62.6 Å². The fraction of sp³-hybridized carbons (Fsp3) is 0.625. The number of rotatable bonds is 9. The van der Waals surface area contributed by atoms with Crippen LogP contribution in [-0.2, 0) is 14.2 Å². The van der Waals surface area contributed by atoms with E-state index in [0.29, 0.717) is 11.3 Å². The fourth-order valence-electron chi connectivity index (χ4n) is 2.26. The maximum Gasteiger partial charge on any atom is 0.411 e. The Balaban J connectivity index is 2.69. The number of halogens is 3. The Bertz CT molecular complexity index is 628. The highest BCUT2D eigenvalue weighted by molar-refractivity contribution is 6.00. The highest BCUT2D eigenvalue weighted by Crippen LogP contribution is 2.19. The lowest BCUT2D eigenvalue weighted by Gasteiger charge is -2.15. The van der Waals surface area contributed by atoms with Gasteiger partial charge in [0.2, 0.25) is 0 Å². The smallest absolute Gasteiger partial charge is 0.411 e. The van der Waals surface area contributed by atoms with Gasteiger partial charge in [0.15, 0.2) is 0 Å². The van der Waals surface area contributed by atoms with Crippen molar-refractivity contribution in [3.05, 3.63) is 22.5 Å². The summed E-state index contributed by atoms with van der Waals surface area (Å²) in [6.07, 6.45) is -4.42. The van der Waals surface area contributed by atoms with E-state index in [1.54, 1.807) is 13.8 Å². The normalized spacial score (nSPS) is 12.7. The first-order chi connectivity index (χ1) is 12.1. The summed E-state index contributed by atoms with van der Waals surface area (Å²) in [6.45, 7) is 3.36. The molecule has 7 nitrogen and oxygen atoms in total. The molecule has 1 aromatic heterocycles. The number of nitrogens with one attached hydrogen (secondary N) is 2. The second-order valence-corrected chi connectivity index (χ2v) is 5.76. The van der Waals surface area contributed by atoms with Crippen LogP contribution in [0.1, 0.15) is 39.0 Å². The molecule has 2 N–H and O–H groups in total. The number of carbonyl (C=O) groups excluding carboxylic acids is 2. The maximum atomic E-state index is 12.3. The van der Waals surface area contributed by atoms with Gasteiger partial charge in [0, 0.05) is 18.8 Å². The summed E-state index contributed by atoms with van der Waals surface area (Å²) in [5, 5.41) is 2.52. The minimum absolute atomic E-state index is 0.0779. The predicted octanol–water partition coefficient (Wildman–Crippen LogP) is 2.13. The third kappa shape index (κ3) is 6.68. The van der Waals surface area contributed by atoms with Crippen molar-refractivity contribution in [1.29, 1.82) is 0 Å². The van der Waals surface area contributed by atoms with Crippen molar-refractivity contribution in [2.75, 3.05) is 33.5 Å². The van der Waals surface area contributed by atoms with Crippen molar-refractivity contribution >= 4 is 11.9 Å². The second-order valence-electron chi connectivity index (χ2n) is 5.76. The van der Waals surface area contributed by atoms with Crippen molar-refractivity contribution in [3.63, 3.8) is 0 Å². The summed E-state index contributed by atoms with van der Waals surface area (Å²) in [6, 6.07) is -0.648. The van der Waals surface area contributed by atoms with E-state index >= 15 is 0 Å².